The van der Waals surface area contributed by atoms with E-state index in [0.29, 0.717) is 18.7 Å². The van der Waals surface area contributed by atoms with Crippen molar-refractivity contribution in [3.05, 3.63) is 30.1 Å². The van der Waals surface area contributed by atoms with Gasteiger partial charge in [-0.15, -0.1) is 0 Å². The van der Waals surface area contributed by atoms with Crippen LogP contribution in [-0.2, 0) is 4.79 Å². The van der Waals surface area contributed by atoms with Crippen LogP contribution in [0, 0.1) is 5.82 Å². The molecule has 104 valence electrons. The lowest BCUT2D eigenvalue weighted by Gasteiger charge is -2.45. The normalized spacial score (nSPS) is 22.6. The lowest BCUT2D eigenvalue weighted by atomic mass is 9.94. The van der Waals surface area contributed by atoms with Crippen molar-refractivity contribution in [2.75, 3.05) is 18.1 Å². The number of carbonyl (C=O) groups is 1. The molecule has 1 atom stereocenters. The molecule has 1 aliphatic heterocycles. The molecule has 1 aromatic rings. The molecule has 2 rings (SSSR count). The van der Waals surface area contributed by atoms with Crippen molar-refractivity contribution in [1.29, 1.82) is 0 Å². The van der Waals surface area contributed by atoms with Crippen LogP contribution in [0.15, 0.2) is 24.3 Å². The third-order valence-corrected chi connectivity index (χ3v) is 3.42. The Bertz CT molecular complexity index is 476. The summed E-state index contributed by atoms with van der Waals surface area (Å²) < 4.78 is 13.9. The Balaban J connectivity index is 2.38. The van der Waals surface area contributed by atoms with Gasteiger partial charge in [-0.05, 0) is 32.4 Å². The van der Waals surface area contributed by atoms with Gasteiger partial charge in [0.25, 0.3) is 0 Å². The molecule has 0 aliphatic carbocycles. The molecule has 1 heterocycles. The number of halogens is 1. The Hall–Kier alpha value is -1.46. The topological polar surface area (TPSA) is 52.6 Å². The van der Waals surface area contributed by atoms with E-state index in [-0.39, 0.29) is 12.5 Å². The fourth-order valence-corrected chi connectivity index (χ4v) is 2.43. The quantitative estimate of drug-likeness (QED) is 0.867. The number of carbonyl (C=O) groups excluding carboxylic acids is 1. The van der Waals surface area contributed by atoms with Crippen LogP contribution >= 0.6 is 0 Å². The molecule has 4 nitrogen and oxygen atoms in total. The summed E-state index contributed by atoms with van der Waals surface area (Å²) in [5.74, 6) is -0.607. The van der Waals surface area contributed by atoms with Crippen LogP contribution in [-0.4, -0.2) is 35.7 Å². The number of anilines is 1. The average Bonchev–Trinajstić information content (AvgIpc) is 2.35. The third-order valence-electron chi connectivity index (χ3n) is 3.42. The standard InChI is InChI=1S/C14H19FN2O2/c1-14(2)9-16-11(7-8-18)13(19)17(14)12-6-4-3-5-10(12)15/h3-6,11,16,18H,7-9H2,1-2H3. The summed E-state index contributed by atoms with van der Waals surface area (Å²) >= 11 is 0. The highest BCUT2D eigenvalue weighted by molar-refractivity contribution is 5.99. The summed E-state index contributed by atoms with van der Waals surface area (Å²) in [5, 5.41) is 12.1. The molecular weight excluding hydrogens is 247 g/mol. The van der Waals surface area contributed by atoms with E-state index in [4.69, 9.17) is 5.11 Å². The zero-order valence-electron chi connectivity index (χ0n) is 11.2. The number of amides is 1. The maximum Gasteiger partial charge on any atom is 0.244 e. The maximum atomic E-state index is 13.9. The second-order valence-electron chi connectivity index (χ2n) is 5.38. The van der Waals surface area contributed by atoms with Crippen LogP contribution in [0.1, 0.15) is 20.3 Å². The van der Waals surface area contributed by atoms with Crippen molar-refractivity contribution in [1.82, 2.24) is 5.32 Å². The van der Waals surface area contributed by atoms with Gasteiger partial charge in [0.1, 0.15) is 5.82 Å². The van der Waals surface area contributed by atoms with E-state index in [1.165, 1.54) is 11.0 Å². The second-order valence-corrected chi connectivity index (χ2v) is 5.38. The fourth-order valence-electron chi connectivity index (χ4n) is 2.43. The molecule has 0 aromatic heterocycles. The van der Waals surface area contributed by atoms with Crippen LogP contribution in [0.25, 0.3) is 0 Å². The molecule has 1 aliphatic rings. The van der Waals surface area contributed by atoms with E-state index >= 15 is 0 Å². The summed E-state index contributed by atoms with van der Waals surface area (Å²) in [7, 11) is 0. The molecule has 1 saturated heterocycles. The number of rotatable bonds is 3. The van der Waals surface area contributed by atoms with Gasteiger partial charge < -0.3 is 15.3 Å². The van der Waals surface area contributed by atoms with E-state index in [1.807, 2.05) is 13.8 Å². The number of nitrogens with zero attached hydrogens (tertiary/aromatic N) is 1. The van der Waals surface area contributed by atoms with Gasteiger partial charge in [-0.2, -0.15) is 0 Å². The summed E-state index contributed by atoms with van der Waals surface area (Å²) in [6, 6.07) is 5.81. The number of piperazine rings is 1. The summed E-state index contributed by atoms with van der Waals surface area (Å²) in [6.45, 7) is 4.26. The number of nitrogens with one attached hydrogen (secondary N) is 1. The number of para-hydroxylation sites is 1. The van der Waals surface area contributed by atoms with E-state index < -0.39 is 17.4 Å². The van der Waals surface area contributed by atoms with Crippen LogP contribution in [0.4, 0.5) is 10.1 Å². The lowest BCUT2D eigenvalue weighted by Crippen LogP contribution is -2.65. The summed E-state index contributed by atoms with van der Waals surface area (Å²) in [6.07, 6.45) is 0.333. The molecule has 1 amide bonds. The molecule has 0 saturated carbocycles. The van der Waals surface area contributed by atoms with Gasteiger partial charge in [-0.1, -0.05) is 12.1 Å². The zero-order chi connectivity index (χ0) is 14.0. The Labute approximate surface area is 112 Å². The molecule has 19 heavy (non-hydrogen) atoms. The number of aliphatic hydroxyl groups excluding tert-OH is 1. The van der Waals surface area contributed by atoms with E-state index in [0.717, 1.165) is 0 Å². The molecule has 2 N–H and O–H groups in total. The Morgan fingerprint density at radius 2 is 2.16 bits per heavy atom. The van der Waals surface area contributed by atoms with Gasteiger partial charge in [0.2, 0.25) is 5.91 Å². The summed E-state index contributed by atoms with van der Waals surface area (Å²) in [4.78, 5) is 14.0. The average molecular weight is 266 g/mol. The minimum Gasteiger partial charge on any atom is -0.396 e. The Morgan fingerprint density at radius 3 is 2.79 bits per heavy atom. The van der Waals surface area contributed by atoms with Gasteiger partial charge in [-0.3, -0.25) is 4.79 Å². The number of aliphatic hydroxyl groups is 1. The van der Waals surface area contributed by atoms with Gasteiger partial charge >= 0.3 is 0 Å². The molecule has 1 unspecified atom stereocenters. The first-order chi connectivity index (χ1) is 8.97. The van der Waals surface area contributed by atoms with Crippen molar-refractivity contribution in [2.24, 2.45) is 0 Å². The highest BCUT2D eigenvalue weighted by atomic mass is 19.1. The van der Waals surface area contributed by atoms with Crippen molar-refractivity contribution < 1.29 is 14.3 Å². The Morgan fingerprint density at radius 1 is 1.47 bits per heavy atom. The maximum absolute atomic E-state index is 13.9. The second kappa shape index (κ2) is 5.27. The van der Waals surface area contributed by atoms with Gasteiger partial charge in [0, 0.05) is 13.2 Å². The molecule has 5 heteroatoms. The highest BCUT2D eigenvalue weighted by Gasteiger charge is 2.41. The third kappa shape index (κ3) is 2.62. The van der Waals surface area contributed by atoms with Gasteiger partial charge in [0.15, 0.2) is 0 Å². The minimum atomic E-state index is -0.509. The first-order valence-electron chi connectivity index (χ1n) is 6.40. The van der Waals surface area contributed by atoms with E-state index in [9.17, 15) is 9.18 Å². The lowest BCUT2D eigenvalue weighted by molar-refractivity contribution is -0.123. The predicted molar refractivity (Wildman–Crippen MR) is 71.5 cm³/mol. The van der Waals surface area contributed by atoms with E-state index in [2.05, 4.69) is 5.32 Å². The molecule has 0 bridgehead atoms. The van der Waals surface area contributed by atoms with Crippen molar-refractivity contribution >= 4 is 11.6 Å². The zero-order valence-corrected chi connectivity index (χ0v) is 11.2. The molecular formula is C14H19FN2O2. The molecule has 0 radical (unpaired) electrons. The monoisotopic (exact) mass is 266 g/mol. The van der Waals surface area contributed by atoms with Crippen LogP contribution in [0.5, 0.6) is 0 Å². The SMILES string of the molecule is CC1(C)CNC(CCO)C(=O)N1c1ccccc1F. The van der Waals surface area contributed by atoms with Gasteiger partial charge in [-0.25, -0.2) is 4.39 Å². The molecule has 1 fully saturated rings. The van der Waals surface area contributed by atoms with Crippen LogP contribution < -0.4 is 10.2 Å². The number of benzene rings is 1. The smallest absolute Gasteiger partial charge is 0.244 e. The van der Waals surface area contributed by atoms with Crippen molar-refractivity contribution in [3.8, 4) is 0 Å². The van der Waals surface area contributed by atoms with Crippen LogP contribution in [0.2, 0.25) is 0 Å². The minimum absolute atomic E-state index is 0.0745. The van der Waals surface area contributed by atoms with Gasteiger partial charge in [0.05, 0.1) is 17.3 Å². The Kier molecular flexibility index (Phi) is 3.87. The van der Waals surface area contributed by atoms with Crippen molar-refractivity contribution in [3.63, 3.8) is 0 Å². The fraction of sp³-hybridized carbons (Fsp3) is 0.500. The van der Waals surface area contributed by atoms with Crippen LogP contribution in [0.3, 0.4) is 0 Å². The predicted octanol–water partition coefficient (Wildman–Crippen LogP) is 1.29. The first kappa shape index (κ1) is 14.0. The first-order valence-corrected chi connectivity index (χ1v) is 6.40. The largest absolute Gasteiger partial charge is 0.396 e. The number of hydrogen-bond donors (Lipinski definition) is 2. The molecule has 1 aromatic carbocycles. The number of hydrogen-bond acceptors (Lipinski definition) is 3. The summed E-state index contributed by atoms with van der Waals surface area (Å²) in [5.41, 5.74) is -0.215. The molecule has 0 spiro atoms. The van der Waals surface area contributed by atoms with Crippen molar-refractivity contribution in [2.45, 2.75) is 31.8 Å². The van der Waals surface area contributed by atoms with E-state index in [1.54, 1.807) is 18.2 Å². The highest BCUT2D eigenvalue weighted by Crippen LogP contribution is 2.30.